The lowest BCUT2D eigenvalue weighted by Gasteiger charge is -2.30. The van der Waals surface area contributed by atoms with Crippen LogP contribution in [0.2, 0.25) is 0 Å². The van der Waals surface area contributed by atoms with Gasteiger partial charge >= 0.3 is 0 Å². The summed E-state index contributed by atoms with van der Waals surface area (Å²) in [5.74, 6) is -0.456. The molecule has 0 saturated heterocycles. The molecule has 0 heterocycles. The largest absolute Gasteiger partial charge is 0.497 e. The number of carbonyl (C=O) groups is 2. The van der Waals surface area contributed by atoms with Gasteiger partial charge in [-0.2, -0.15) is 0 Å². The minimum Gasteiger partial charge on any atom is -0.497 e. The van der Waals surface area contributed by atoms with Crippen LogP contribution in [0.3, 0.4) is 0 Å². The minimum absolute atomic E-state index is 0.129. The summed E-state index contributed by atoms with van der Waals surface area (Å²) in [6.07, 6.45) is 3.27. The molecule has 0 aliphatic heterocycles. The lowest BCUT2D eigenvalue weighted by molar-refractivity contribution is -0.135. The highest BCUT2D eigenvalue weighted by Crippen LogP contribution is 2.30. The Bertz CT molecular complexity index is 576. The first kappa shape index (κ1) is 19.1. The van der Waals surface area contributed by atoms with E-state index in [1.165, 1.54) is 0 Å². The van der Waals surface area contributed by atoms with Crippen LogP contribution in [-0.2, 0) is 9.59 Å². The van der Waals surface area contributed by atoms with Crippen molar-refractivity contribution in [1.82, 2.24) is 5.32 Å². The third-order valence-electron chi connectivity index (χ3n) is 4.74. The van der Waals surface area contributed by atoms with E-state index in [1.54, 1.807) is 7.11 Å². The van der Waals surface area contributed by atoms with Crippen molar-refractivity contribution in [3.8, 4) is 5.75 Å². The average molecular weight is 348 g/mol. The van der Waals surface area contributed by atoms with Crippen molar-refractivity contribution in [3.05, 3.63) is 24.3 Å². The standard InChI is InChI=1S/C18H28N4O3/c1-25-14-8-6-12(7-9-14)21-11-13(10-19)22-18(24)16-5-3-2-4-15(16)17(20)23/h6-9,13,15-16,21H,2-5,10-11,19H2,1H3,(H2,20,23)(H,22,24)/t13?,15-,16+/m0/s1. The topological polar surface area (TPSA) is 119 Å². The van der Waals surface area contributed by atoms with Gasteiger partial charge in [0.05, 0.1) is 13.2 Å². The van der Waals surface area contributed by atoms with Crippen molar-refractivity contribution in [2.75, 3.05) is 25.5 Å². The summed E-state index contributed by atoms with van der Waals surface area (Å²) in [7, 11) is 1.62. The summed E-state index contributed by atoms with van der Waals surface area (Å²) in [5, 5.41) is 6.20. The van der Waals surface area contributed by atoms with Crippen LogP contribution in [0, 0.1) is 11.8 Å². The number of methoxy groups -OCH3 is 1. The molecule has 1 aromatic rings. The van der Waals surface area contributed by atoms with Crippen LogP contribution >= 0.6 is 0 Å². The number of ether oxygens (including phenoxy) is 1. The number of anilines is 1. The lowest BCUT2D eigenvalue weighted by Crippen LogP contribution is -2.50. The summed E-state index contributed by atoms with van der Waals surface area (Å²) in [5.41, 5.74) is 12.2. The zero-order valence-corrected chi connectivity index (χ0v) is 14.7. The first-order valence-electron chi connectivity index (χ1n) is 8.72. The van der Waals surface area contributed by atoms with Crippen LogP contribution < -0.4 is 26.8 Å². The van der Waals surface area contributed by atoms with Gasteiger partial charge in [-0.05, 0) is 37.1 Å². The fraction of sp³-hybridized carbons (Fsp3) is 0.556. The first-order valence-corrected chi connectivity index (χ1v) is 8.72. The predicted octanol–water partition coefficient (Wildman–Crippen LogP) is 0.842. The van der Waals surface area contributed by atoms with Gasteiger partial charge in [0.15, 0.2) is 0 Å². The molecule has 1 aliphatic rings. The number of hydrogen-bond acceptors (Lipinski definition) is 5. The highest BCUT2D eigenvalue weighted by Gasteiger charge is 2.35. The maximum Gasteiger partial charge on any atom is 0.224 e. The van der Waals surface area contributed by atoms with Gasteiger partial charge in [-0.3, -0.25) is 9.59 Å². The molecule has 1 fully saturated rings. The predicted molar refractivity (Wildman–Crippen MR) is 97.1 cm³/mol. The summed E-state index contributed by atoms with van der Waals surface area (Å²) >= 11 is 0. The Kier molecular flexibility index (Phi) is 7.06. The molecule has 3 atom stereocenters. The lowest BCUT2D eigenvalue weighted by atomic mass is 9.78. The molecule has 1 aliphatic carbocycles. The molecule has 1 unspecified atom stereocenters. The molecular weight excluding hydrogens is 320 g/mol. The third-order valence-corrected chi connectivity index (χ3v) is 4.74. The first-order chi connectivity index (χ1) is 12.0. The maximum atomic E-state index is 12.6. The summed E-state index contributed by atoms with van der Waals surface area (Å²) in [4.78, 5) is 24.1. The van der Waals surface area contributed by atoms with Gasteiger partial charge in [-0.1, -0.05) is 12.8 Å². The summed E-state index contributed by atoms with van der Waals surface area (Å²) in [6.45, 7) is 0.811. The van der Waals surface area contributed by atoms with Crippen molar-refractivity contribution in [2.45, 2.75) is 31.7 Å². The molecule has 1 saturated carbocycles. The van der Waals surface area contributed by atoms with Crippen molar-refractivity contribution in [1.29, 1.82) is 0 Å². The molecular formula is C18H28N4O3. The molecule has 0 bridgehead atoms. The number of benzene rings is 1. The summed E-state index contributed by atoms with van der Waals surface area (Å²) in [6, 6.07) is 7.30. The van der Waals surface area contributed by atoms with Crippen molar-refractivity contribution >= 4 is 17.5 Å². The van der Waals surface area contributed by atoms with E-state index in [0.29, 0.717) is 25.9 Å². The Hall–Kier alpha value is -2.28. The van der Waals surface area contributed by atoms with E-state index in [9.17, 15) is 9.59 Å². The SMILES string of the molecule is COc1ccc(NCC(CN)NC(=O)[C@@H]2CCCC[C@@H]2C(N)=O)cc1. The van der Waals surface area contributed by atoms with Crippen molar-refractivity contribution < 1.29 is 14.3 Å². The van der Waals surface area contributed by atoms with Crippen LogP contribution in [0.1, 0.15) is 25.7 Å². The Labute approximate surface area is 148 Å². The number of carbonyl (C=O) groups excluding carboxylic acids is 2. The van der Waals surface area contributed by atoms with E-state index in [4.69, 9.17) is 16.2 Å². The van der Waals surface area contributed by atoms with E-state index in [0.717, 1.165) is 24.3 Å². The molecule has 7 heteroatoms. The molecule has 138 valence electrons. The Morgan fingerprint density at radius 2 is 1.84 bits per heavy atom. The van der Waals surface area contributed by atoms with E-state index < -0.39 is 0 Å². The van der Waals surface area contributed by atoms with Crippen LogP contribution in [0.4, 0.5) is 5.69 Å². The molecule has 2 amide bonds. The molecule has 7 nitrogen and oxygen atoms in total. The van der Waals surface area contributed by atoms with Gasteiger partial charge < -0.3 is 26.8 Å². The fourth-order valence-corrected chi connectivity index (χ4v) is 3.24. The zero-order chi connectivity index (χ0) is 18.2. The number of primary amides is 1. The fourth-order valence-electron chi connectivity index (χ4n) is 3.24. The van der Waals surface area contributed by atoms with Crippen LogP contribution in [0.5, 0.6) is 5.75 Å². The molecule has 0 radical (unpaired) electrons. The molecule has 0 spiro atoms. The van der Waals surface area contributed by atoms with Crippen LogP contribution in [0.15, 0.2) is 24.3 Å². The van der Waals surface area contributed by atoms with Gasteiger partial charge in [0.1, 0.15) is 5.75 Å². The Morgan fingerprint density at radius 1 is 1.20 bits per heavy atom. The Morgan fingerprint density at radius 3 is 2.40 bits per heavy atom. The van der Waals surface area contributed by atoms with Gasteiger partial charge in [-0.15, -0.1) is 0 Å². The average Bonchev–Trinajstić information content (AvgIpc) is 2.65. The summed E-state index contributed by atoms with van der Waals surface area (Å²) < 4.78 is 5.12. The Balaban J connectivity index is 1.89. The highest BCUT2D eigenvalue weighted by molar-refractivity contribution is 5.87. The molecule has 25 heavy (non-hydrogen) atoms. The smallest absolute Gasteiger partial charge is 0.224 e. The van der Waals surface area contributed by atoms with E-state index in [1.807, 2.05) is 24.3 Å². The van der Waals surface area contributed by atoms with Crippen LogP contribution in [0.25, 0.3) is 0 Å². The molecule has 2 rings (SSSR count). The third kappa shape index (κ3) is 5.35. The molecule has 6 N–H and O–H groups in total. The number of amides is 2. The monoisotopic (exact) mass is 348 g/mol. The second-order valence-electron chi connectivity index (χ2n) is 6.45. The molecule has 1 aromatic carbocycles. The normalized spacial score (nSPS) is 21.2. The van der Waals surface area contributed by atoms with Crippen molar-refractivity contribution in [3.63, 3.8) is 0 Å². The zero-order valence-electron chi connectivity index (χ0n) is 14.7. The second kappa shape index (κ2) is 9.27. The quantitative estimate of drug-likeness (QED) is 0.555. The van der Waals surface area contributed by atoms with Crippen LogP contribution in [-0.4, -0.2) is 38.1 Å². The highest BCUT2D eigenvalue weighted by atomic mass is 16.5. The number of nitrogens with one attached hydrogen (secondary N) is 2. The van der Waals surface area contributed by atoms with Gasteiger partial charge in [0.2, 0.25) is 11.8 Å². The minimum atomic E-state index is -0.388. The number of rotatable bonds is 8. The van der Waals surface area contributed by atoms with Gasteiger partial charge in [0, 0.05) is 30.6 Å². The van der Waals surface area contributed by atoms with Crippen molar-refractivity contribution in [2.24, 2.45) is 23.3 Å². The maximum absolute atomic E-state index is 12.6. The number of hydrogen-bond donors (Lipinski definition) is 4. The molecule has 0 aromatic heterocycles. The van der Waals surface area contributed by atoms with E-state index in [2.05, 4.69) is 10.6 Å². The second-order valence-corrected chi connectivity index (χ2v) is 6.45. The number of nitrogens with two attached hydrogens (primary N) is 2. The van der Waals surface area contributed by atoms with Gasteiger partial charge in [-0.25, -0.2) is 0 Å². The van der Waals surface area contributed by atoms with Gasteiger partial charge in [0.25, 0.3) is 0 Å². The van der Waals surface area contributed by atoms with E-state index >= 15 is 0 Å². The van der Waals surface area contributed by atoms with E-state index in [-0.39, 0.29) is 29.7 Å².